The number of benzene rings is 1. The molecule has 0 saturated heterocycles. The van der Waals surface area contributed by atoms with Crippen molar-refractivity contribution in [3.05, 3.63) is 40.2 Å². The first-order chi connectivity index (χ1) is 7.59. The summed E-state index contributed by atoms with van der Waals surface area (Å²) in [6.07, 6.45) is 1.12. The molecule has 0 aliphatic heterocycles. The lowest BCUT2D eigenvalue weighted by Crippen LogP contribution is -1.91. The van der Waals surface area contributed by atoms with Gasteiger partial charge in [-0.1, -0.05) is 29.3 Å². The molecule has 0 bridgehead atoms. The summed E-state index contributed by atoms with van der Waals surface area (Å²) < 4.78 is 5.01. The van der Waals surface area contributed by atoms with Crippen molar-refractivity contribution in [2.24, 2.45) is 0 Å². The maximum Gasteiger partial charge on any atom is 0.373 e. The molecule has 1 N–H and O–H groups in total. The van der Waals surface area contributed by atoms with Gasteiger partial charge in [-0.2, -0.15) is 0 Å². The van der Waals surface area contributed by atoms with Crippen LogP contribution in [0.3, 0.4) is 0 Å². The van der Waals surface area contributed by atoms with Gasteiger partial charge in [0.1, 0.15) is 0 Å². The van der Waals surface area contributed by atoms with E-state index in [4.69, 9.17) is 32.7 Å². The summed E-state index contributed by atoms with van der Waals surface area (Å²) in [5.74, 6) is -1.30. The van der Waals surface area contributed by atoms with Gasteiger partial charge in [-0.3, -0.25) is 0 Å². The molecule has 0 saturated carbocycles. The van der Waals surface area contributed by atoms with Gasteiger partial charge < -0.3 is 9.52 Å². The number of carboxylic acids is 1. The van der Waals surface area contributed by atoms with Gasteiger partial charge >= 0.3 is 5.97 Å². The van der Waals surface area contributed by atoms with Crippen molar-refractivity contribution in [1.82, 2.24) is 4.98 Å². The number of carbonyl (C=O) groups is 1. The number of nitrogens with zero attached hydrogens (tertiary/aromatic N) is 1. The Balaban J connectivity index is 2.50. The van der Waals surface area contributed by atoms with Crippen molar-refractivity contribution >= 4 is 29.2 Å². The lowest BCUT2D eigenvalue weighted by Gasteiger charge is -2.00. The number of hydrogen-bond donors (Lipinski definition) is 1. The minimum Gasteiger partial charge on any atom is -0.475 e. The van der Waals surface area contributed by atoms with Crippen molar-refractivity contribution in [3.63, 3.8) is 0 Å². The third-order valence-electron chi connectivity index (χ3n) is 1.90. The van der Waals surface area contributed by atoms with E-state index >= 15 is 0 Å². The summed E-state index contributed by atoms with van der Waals surface area (Å²) in [4.78, 5) is 14.4. The largest absolute Gasteiger partial charge is 0.475 e. The average Bonchev–Trinajstić information content (AvgIpc) is 2.71. The number of aromatic nitrogens is 1. The van der Waals surface area contributed by atoms with E-state index in [-0.39, 0.29) is 16.7 Å². The molecule has 1 aromatic carbocycles. The molecule has 16 heavy (non-hydrogen) atoms. The second kappa shape index (κ2) is 4.15. The maximum absolute atomic E-state index is 10.6. The number of aromatic carboxylic acids is 1. The first-order valence-corrected chi connectivity index (χ1v) is 4.98. The quantitative estimate of drug-likeness (QED) is 0.897. The minimum absolute atomic E-state index is 0.130. The molecule has 6 heteroatoms. The Hall–Kier alpha value is -1.52. The first-order valence-electron chi connectivity index (χ1n) is 4.23. The zero-order chi connectivity index (χ0) is 11.7. The van der Waals surface area contributed by atoms with Crippen molar-refractivity contribution < 1.29 is 14.3 Å². The summed E-state index contributed by atoms with van der Waals surface area (Å²) in [7, 11) is 0. The van der Waals surface area contributed by atoms with Crippen LogP contribution in [0.4, 0.5) is 0 Å². The second-order valence-corrected chi connectivity index (χ2v) is 3.72. The topological polar surface area (TPSA) is 63.3 Å². The summed E-state index contributed by atoms with van der Waals surface area (Å²) in [6, 6.07) is 4.94. The van der Waals surface area contributed by atoms with E-state index in [2.05, 4.69) is 4.98 Å². The normalized spacial score (nSPS) is 10.4. The van der Waals surface area contributed by atoms with Crippen LogP contribution in [-0.2, 0) is 0 Å². The Bertz CT molecular complexity index is 551. The van der Waals surface area contributed by atoms with Crippen LogP contribution in [0.1, 0.15) is 10.6 Å². The molecule has 0 aliphatic carbocycles. The van der Waals surface area contributed by atoms with Crippen LogP contribution < -0.4 is 0 Å². The highest BCUT2D eigenvalue weighted by molar-refractivity contribution is 6.43. The Morgan fingerprint density at radius 3 is 2.75 bits per heavy atom. The van der Waals surface area contributed by atoms with E-state index in [1.165, 1.54) is 0 Å². The van der Waals surface area contributed by atoms with Crippen molar-refractivity contribution in [2.75, 3.05) is 0 Å². The Labute approximate surface area is 100 Å². The second-order valence-electron chi connectivity index (χ2n) is 2.94. The van der Waals surface area contributed by atoms with Crippen molar-refractivity contribution in [1.29, 1.82) is 0 Å². The molecule has 0 unspecified atom stereocenters. The molecule has 0 atom stereocenters. The van der Waals surface area contributed by atoms with Gasteiger partial charge in [0.15, 0.2) is 0 Å². The summed E-state index contributed by atoms with van der Waals surface area (Å²) >= 11 is 11.8. The molecule has 1 aromatic heterocycles. The Kier molecular flexibility index (Phi) is 2.85. The van der Waals surface area contributed by atoms with Crippen molar-refractivity contribution in [3.8, 4) is 11.5 Å². The van der Waals surface area contributed by atoms with E-state index in [1.54, 1.807) is 18.2 Å². The minimum atomic E-state index is -1.18. The molecular weight excluding hydrogens is 253 g/mol. The highest BCUT2D eigenvalue weighted by Crippen LogP contribution is 2.32. The van der Waals surface area contributed by atoms with Crippen LogP contribution in [0.25, 0.3) is 11.5 Å². The SMILES string of the molecule is O=C(O)c1cnc(-c2cccc(Cl)c2Cl)o1. The molecule has 2 rings (SSSR count). The maximum atomic E-state index is 10.6. The molecular formula is C10H5Cl2NO3. The van der Waals surface area contributed by atoms with E-state index in [0.717, 1.165) is 6.20 Å². The zero-order valence-corrected chi connectivity index (χ0v) is 9.29. The van der Waals surface area contributed by atoms with E-state index in [9.17, 15) is 4.79 Å². The number of halogens is 2. The van der Waals surface area contributed by atoms with Crippen LogP contribution in [0, 0.1) is 0 Å². The number of rotatable bonds is 2. The Morgan fingerprint density at radius 1 is 1.38 bits per heavy atom. The zero-order valence-electron chi connectivity index (χ0n) is 7.78. The lowest BCUT2D eigenvalue weighted by atomic mass is 10.2. The average molecular weight is 258 g/mol. The first kappa shape index (κ1) is 11.0. The molecule has 0 aliphatic rings. The van der Waals surface area contributed by atoms with Crippen LogP contribution in [0.5, 0.6) is 0 Å². The molecule has 2 aromatic rings. The molecule has 0 spiro atoms. The van der Waals surface area contributed by atoms with Gasteiger partial charge in [0, 0.05) is 0 Å². The molecule has 1 heterocycles. The fourth-order valence-corrected chi connectivity index (χ4v) is 1.55. The van der Waals surface area contributed by atoms with E-state index < -0.39 is 5.97 Å². The van der Waals surface area contributed by atoms with E-state index in [1.807, 2.05) is 0 Å². The van der Waals surface area contributed by atoms with Gasteiger partial charge in [-0.25, -0.2) is 9.78 Å². The number of hydrogen-bond acceptors (Lipinski definition) is 3. The summed E-state index contributed by atoms with van der Waals surface area (Å²) in [5, 5.41) is 9.31. The molecule has 0 amide bonds. The van der Waals surface area contributed by atoms with Crippen LogP contribution in [-0.4, -0.2) is 16.1 Å². The smallest absolute Gasteiger partial charge is 0.373 e. The third kappa shape index (κ3) is 1.89. The van der Waals surface area contributed by atoms with Crippen LogP contribution in [0.15, 0.2) is 28.8 Å². The van der Waals surface area contributed by atoms with Crippen molar-refractivity contribution in [2.45, 2.75) is 0 Å². The van der Waals surface area contributed by atoms with E-state index in [0.29, 0.717) is 10.6 Å². The summed E-state index contributed by atoms with van der Waals surface area (Å²) in [5.41, 5.74) is 0.460. The van der Waals surface area contributed by atoms with Crippen LogP contribution in [0.2, 0.25) is 10.0 Å². The number of carboxylic acid groups (broad SMARTS) is 1. The fraction of sp³-hybridized carbons (Fsp3) is 0. The lowest BCUT2D eigenvalue weighted by molar-refractivity contribution is 0.0663. The van der Waals surface area contributed by atoms with Crippen LogP contribution >= 0.6 is 23.2 Å². The standard InChI is InChI=1S/C10H5Cl2NO3/c11-6-3-1-2-5(8(6)12)9-13-4-7(16-9)10(14)15/h1-4H,(H,14,15). The van der Waals surface area contributed by atoms with Gasteiger partial charge in [0.25, 0.3) is 0 Å². The highest BCUT2D eigenvalue weighted by Gasteiger charge is 2.15. The van der Waals surface area contributed by atoms with Gasteiger partial charge in [-0.15, -0.1) is 0 Å². The fourth-order valence-electron chi connectivity index (χ4n) is 1.17. The predicted octanol–water partition coefficient (Wildman–Crippen LogP) is 3.35. The molecule has 4 nitrogen and oxygen atoms in total. The molecule has 0 radical (unpaired) electrons. The predicted molar refractivity (Wildman–Crippen MR) is 58.9 cm³/mol. The summed E-state index contributed by atoms with van der Waals surface area (Å²) in [6.45, 7) is 0. The molecule has 0 fully saturated rings. The van der Waals surface area contributed by atoms with Gasteiger partial charge in [0.2, 0.25) is 11.7 Å². The van der Waals surface area contributed by atoms with Gasteiger partial charge in [-0.05, 0) is 12.1 Å². The third-order valence-corrected chi connectivity index (χ3v) is 2.72. The number of oxazole rings is 1. The molecule has 82 valence electrons. The Morgan fingerprint density at radius 2 is 2.12 bits per heavy atom. The monoisotopic (exact) mass is 257 g/mol. The highest BCUT2D eigenvalue weighted by atomic mass is 35.5. The van der Waals surface area contributed by atoms with Gasteiger partial charge in [0.05, 0.1) is 21.8 Å².